The van der Waals surface area contributed by atoms with E-state index in [0.717, 1.165) is 7.25 Å². The third-order valence-corrected chi connectivity index (χ3v) is 14.3. The van der Waals surface area contributed by atoms with Crippen molar-refractivity contribution in [2.24, 2.45) is 0 Å². The Hall–Kier alpha value is 0.883. The topological polar surface area (TPSA) is 0 Å². The van der Waals surface area contributed by atoms with Gasteiger partial charge in [0.05, 0.1) is 0 Å². The van der Waals surface area contributed by atoms with Crippen LogP contribution in [-0.4, -0.2) is 21.8 Å². The molecule has 0 atom stereocenters. The van der Waals surface area contributed by atoms with Gasteiger partial charge in [-0.1, -0.05) is 0 Å². The zero-order chi connectivity index (χ0) is 6.73. The summed E-state index contributed by atoms with van der Waals surface area (Å²) in [6, 6.07) is 0. The average molecular weight is 310 g/mol. The van der Waals surface area contributed by atoms with Crippen molar-refractivity contribution in [2.75, 3.05) is 0 Å². The Balaban J connectivity index is 3.46. The Morgan fingerprint density at radius 2 is 1.12 bits per heavy atom. The standard InChI is InChI=1S/2C3H7.CH3.Bi/c2*1-3-2;;/h2*3H,1-2H3;1H3;. The van der Waals surface area contributed by atoms with Crippen LogP contribution in [-0.2, 0) is 0 Å². The fourth-order valence-electron chi connectivity index (χ4n) is 0.596. The van der Waals surface area contributed by atoms with Crippen LogP contribution in [0.3, 0.4) is 0 Å². The van der Waals surface area contributed by atoms with Gasteiger partial charge in [-0.15, -0.1) is 0 Å². The summed E-state index contributed by atoms with van der Waals surface area (Å²) >= 11 is -0.918. The van der Waals surface area contributed by atoms with Gasteiger partial charge >= 0.3 is 61.3 Å². The van der Waals surface area contributed by atoms with E-state index in [4.69, 9.17) is 0 Å². The van der Waals surface area contributed by atoms with Gasteiger partial charge in [0.25, 0.3) is 0 Å². The molecule has 8 heavy (non-hydrogen) atoms. The Morgan fingerprint density at radius 3 is 1.12 bits per heavy atom. The fourth-order valence-corrected chi connectivity index (χ4v) is 5.23. The van der Waals surface area contributed by atoms with Crippen molar-refractivity contribution in [3.8, 4) is 0 Å². The number of hydrogen-bond donors (Lipinski definition) is 0. The van der Waals surface area contributed by atoms with Gasteiger partial charge in [-0.3, -0.25) is 0 Å². The summed E-state index contributed by atoms with van der Waals surface area (Å²) in [7, 11) is 0. The molecule has 0 rings (SSSR count). The zero-order valence-electron chi connectivity index (χ0n) is 6.60. The molecule has 0 heterocycles. The fraction of sp³-hybridized carbons (Fsp3) is 1.00. The normalized spacial score (nSPS) is 12.0. The minimum atomic E-state index is -0.918. The Bertz CT molecular complexity index is 49.4. The van der Waals surface area contributed by atoms with E-state index in [1.165, 1.54) is 0 Å². The summed E-state index contributed by atoms with van der Waals surface area (Å²) in [5.74, 6) is 0. The zero-order valence-corrected chi connectivity index (χ0v) is 10.1. The molecule has 0 nitrogen and oxygen atoms in total. The van der Waals surface area contributed by atoms with Crippen molar-refractivity contribution < 1.29 is 0 Å². The van der Waals surface area contributed by atoms with E-state index in [1.807, 2.05) is 0 Å². The predicted molar refractivity (Wildman–Crippen MR) is 41.8 cm³/mol. The second-order valence-corrected chi connectivity index (χ2v) is 16.1. The molecule has 50 valence electrons. The van der Waals surface area contributed by atoms with E-state index in [1.54, 1.807) is 0 Å². The molecule has 0 saturated carbocycles. The molecule has 0 saturated heterocycles. The molecule has 0 bridgehead atoms. The van der Waals surface area contributed by atoms with Crippen molar-refractivity contribution in [3.05, 3.63) is 0 Å². The second-order valence-electron chi connectivity index (χ2n) is 2.85. The Labute approximate surface area is 61.4 Å². The molecule has 0 radical (unpaired) electrons. The second kappa shape index (κ2) is 3.82. The first-order chi connectivity index (χ1) is 3.55. The first-order valence-corrected chi connectivity index (χ1v) is 10.8. The SMILES string of the molecule is C[CH](C)[Bi]([CH3])[CH](C)C. The molecule has 0 aliphatic heterocycles. The van der Waals surface area contributed by atoms with Crippen molar-refractivity contribution in [2.45, 2.75) is 39.6 Å². The van der Waals surface area contributed by atoms with Crippen molar-refractivity contribution >= 4 is 21.8 Å². The van der Waals surface area contributed by atoms with E-state index >= 15 is 0 Å². The van der Waals surface area contributed by atoms with Gasteiger partial charge in [0.1, 0.15) is 0 Å². The van der Waals surface area contributed by atoms with Gasteiger partial charge in [-0.05, 0) is 0 Å². The molecule has 0 spiro atoms. The summed E-state index contributed by atoms with van der Waals surface area (Å²) in [5, 5.41) is 0. The van der Waals surface area contributed by atoms with E-state index in [2.05, 4.69) is 32.3 Å². The van der Waals surface area contributed by atoms with E-state index in [-0.39, 0.29) is 0 Å². The van der Waals surface area contributed by atoms with Crippen LogP contribution in [0.15, 0.2) is 0 Å². The molecule has 0 aliphatic rings. The molecule has 0 aliphatic carbocycles. The third kappa shape index (κ3) is 3.02. The molecule has 1 heteroatoms. The summed E-state index contributed by atoms with van der Waals surface area (Å²) in [6.07, 6.45) is 0. The monoisotopic (exact) mass is 310 g/mol. The number of rotatable bonds is 2. The van der Waals surface area contributed by atoms with Gasteiger partial charge in [-0.25, -0.2) is 0 Å². The van der Waals surface area contributed by atoms with Crippen LogP contribution in [0.4, 0.5) is 0 Å². The van der Waals surface area contributed by atoms with Gasteiger partial charge in [-0.2, -0.15) is 0 Å². The molecule has 0 aromatic heterocycles. The summed E-state index contributed by atoms with van der Waals surface area (Å²) in [5.41, 5.74) is 0. The van der Waals surface area contributed by atoms with Crippen LogP contribution in [0.5, 0.6) is 0 Å². The van der Waals surface area contributed by atoms with Crippen LogP contribution < -0.4 is 0 Å². The van der Waals surface area contributed by atoms with Gasteiger partial charge in [0.15, 0.2) is 0 Å². The van der Waals surface area contributed by atoms with Crippen LogP contribution in [0.2, 0.25) is 11.9 Å². The Morgan fingerprint density at radius 1 is 0.875 bits per heavy atom. The molecule has 0 unspecified atom stereocenters. The molecule has 0 fully saturated rings. The Kier molecular flexibility index (Phi) is 4.25. The molecule has 0 aromatic rings. The molecular formula is C7H17Bi. The predicted octanol–water partition coefficient (Wildman–Crippen LogP) is 2.93. The van der Waals surface area contributed by atoms with Crippen LogP contribution in [0.1, 0.15) is 27.7 Å². The maximum atomic E-state index is 2.52. The van der Waals surface area contributed by atoms with Crippen molar-refractivity contribution in [3.63, 3.8) is 0 Å². The molecular weight excluding hydrogens is 293 g/mol. The van der Waals surface area contributed by atoms with Gasteiger partial charge in [0.2, 0.25) is 0 Å². The average Bonchev–Trinajstić information content (AvgIpc) is 1.64. The molecule has 0 amide bonds. The molecule has 0 N–H and O–H groups in total. The molecule has 0 aromatic carbocycles. The van der Waals surface area contributed by atoms with Gasteiger partial charge < -0.3 is 0 Å². The maximum absolute atomic E-state index is 2.52. The van der Waals surface area contributed by atoms with E-state index in [0.29, 0.717) is 0 Å². The quantitative estimate of drug-likeness (QED) is 0.688. The van der Waals surface area contributed by atoms with E-state index in [9.17, 15) is 0 Å². The minimum absolute atomic E-state index is 0.918. The summed E-state index contributed by atoms with van der Waals surface area (Å²) < 4.78 is 4.61. The summed E-state index contributed by atoms with van der Waals surface area (Å²) in [6.45, 7) is 9.49. The van der Waals surface area contributed by atoms with Gasteiger partial charge in [0, 0.05) is 0 Å². The number of hydrogen-bond acceptors (Lipinski definition) is 0. The first kappa shape index (κ1) is 8.88. The van der Waals surface area contributed by atoms with Crippen LogP contribution in [0.25, 0.3) is 0 Å². The van der Waals surface area contributed by atoms with E-state index < -0.39 is 21.8 Å². The van der Waals surface area contributed by atoms with Crippen molar-refractivity contribution in [1.29, 1.82) is 0 Å². The van der Waals surface area contributed by atoms with Crippen LogP contribution >= 0.6 is 0 Å². The first-order valence-electron chi connectivity index (χ1n) is 3.27. The van der Waals surface area contributed by atoms with Crippen LogP contribution in [0, 0.1) is 0 Å². The van der Waals surface area contributed by atoms with Crippen molar-refractivity contribution in [1.82, 2.24) is 0 Å². The summed E-state index contributed by atoms with van der Waals surface area (Å²) in [4.78, 5) is 0. The third-order valence-electron chi connectivity index (χ3n) is 1.63.